The van der Waals surface area contributed by atoms with Crippen molar-refractivity contribution in [3.63, 3.8) is 0 Å². The molecule has 2 aromatic rings. The Kier molecular flexibility index (Phi) is 6.39. The molecule has 0 unspecified atom stereocenters. The summed E-state index contributed by atoms with van der Waals surface area (Å²) in [5.74, 6) is -0.133. The summed E-state index contributed by atoms with van der Waals surface area (Å²) in [6, 6.07) is 14.4. The van der Waals surface area contributed by atoms with Crippen molar-refractivity contribution < 1.29 is 9.59 Å². The number of anilines is 4. The Balaban J connectivity index is 1.92. The summed E-state index contributed by atoms with van der Waals surface area (Å²) < 4.78 is 0. The van der Waals surface area contributed by atoms with Crippen LogP contribution in [0.3, 0.4) is 0 Å². The van der Waals surface area contributed by atoms with Crippen molar-refractivity contribution in [1.82, 2.24) is 0 Å². The second-order valence-corrected chi connectivity index (χ2v) is 5.56. The summed E-state index contributed by atoms with van der Waals surface area (Å²) in [5, 5.41) is 8.24. The SMILES string of the molecule is CCN(CC)c1ccc(NC(=O)Nc2ccc(NC(C)=O)cc2)cc1. The molecule has 132 valence electrons. The maximum atomic E-state index is 12.1. The van der Waals surface area contributed by atoms with Gasteiger partial charge >= 0.3 is 6.03 Å². The van der Waals surface area contributed by atoms with Crippen molar-refractivity contribution in [3.8, 4) is 0 Å². The number of rotatable bonds is 6. The standard InChI is InChI=1S/C19H24N4O2/c1-4-23(5-2)18-12-10-17(11-13-18)22-19(25)21-16-8-6-15(7-9-16)20-14(3)24/h6-13H,4-5H2,1-3H3,(H,20,24)(H2,21,22,25). The number of amides is 3. The zero-order valence-corrected chi connectivity index (χ0v) is 14.8. The van der Waals surface area contributed by atoms with Crippen LogP contribution in [-0.2, 0) is 4.79 Å². The highest BCUT2D eigenvalue weighted by molar-refractivity contribution is 6.00. The van der Waals surface area contributed by atoms with Gasteiger partial charge in [-0.05, 0) is 62.4 Å². The molecule has 0 fully saturated rings. The Labute approximate surface area is 148 Å². The first-order valence-electron chi connectivity index (χ1n) is 8.32. The minimum absolute atomic E-state index is 0.133. The molecule has 0 aliphatic rings. The molecular weight excluding hydrogens is 316 g/mol. The van der Waals surface area contributed by atoms with Crippen LogP contribution in [0.4, 0.5) is 27.5 Å². The van der Waals surface area contributed by atoms with E-state index in [1.165, 1.54) is 6.92 Å². The average Bonchev–Trinajstić information content (AvgIpc) is 2.59. The maximum Gasteiger partial charge on any atom is 0.323 e. The van der Waals surface area contributed by atoms with Crippen LogP contribution in [0.2, 0.25) is 0 Å². The number of carbonyl (C=O) groups is 2. The van der Waals surface area contributed by atoms with E-state index in [4.69, 9.17) is 0 Å². The Morgan fingerprint density at radius 2 is 1.16 bits per heavy atom. The number of benzene rings is 2. The number of nitrogens with zero attached hydrogens (tertiary/aromatic N) is 1. The smallest absolute Gasteiger partial charge is 0.323 e. The van der Waals surface area contributed by atoms with Gasteiger partial charge in [-0.25, -0.2) is 4.79 Å². The topological polar surface area (TPSA) is 73.5 Å². The summed E-state index contributed by atoms with van der Waals surface area (Å²) in [6.45, 7) is 7.56. The number of hydrogen-bond donors (Lipinski definition) is 3. The van der Waals surface area contributed by atoms with Gasteiger partial charge in [0.05, 0.1) is 0 Å². The Hall–Kier alpha value is -3.02. The molecule has 0 aromatic heterocycles. The number of hydrogen-bond acceptors (Lipinski definition) is 3. The molecule has 2 rings (SSSR count). The molecule has 0 atom stereocenters. The van der Waals surface area contributed by atoms with Crippen LogP contribution in [0, 0.1) is 0 Å². The molecule has 3 N–H and O–H groups in total. The van der Waals surface area contributed by atoms with Gasteiger partial charge in [0.1, 0.15) is 0 Å². The molecule has 0 saturated carbocycles. The molecule has 3 amide bonds. The zero-order valence-electron chi connectivity index (χ0n) is 14.8. The number of nitrogens with one attached hydrogen (secondary N) is 3. The van der Waals surface area contributed by atoms with Crippen LogP contribution in [0.15, 0.2) is 48.5 Å². The average molecular weight is 340 g/mol. The maximum absolute atomic E-state index is 12.1. The van der Waals surface area contributed by atoms with E-state index in [9.17, 15) is 9.59 Å². The van der Waals surface area contributed by atoms with Crippen LogP contribution in [-0.4, -0.2) is 25.0 Å². The third kappa shape index (κ3) is 5.53. The van der Waals surface area contributed by atoms with Crippen molar-refractivity contribution in [2.45, 2.75) is 20.8 Å². The van der Waals surface area contributed by atoms with E-state index in [0.717, 1.165) is 24.5 Å². The van der Waals surface area contributed by atoms with E-state index in [1.54, 1.807) is 24.3 Å². The molecule has 0 aliphatic carbocycles. The fraction of sp³-hybridized carbons (Fsp3) is 0.263. The molecule has 0 radical (unpaired) electrons. The second-order valence-electron chi connectivity index (χ2n) is 5.56. The van der Waals surface area contributed by atoms with Gasteiger partial charge in [-0.1, -0.05) is 0 Å². The summed E-state index contributed by atoms with van der Waals surface area (Å²) in [7, 11) is 0. The molecule has 0 spiro atoms. The van der Waals surface area contributed by atoms with Crippen LogP contribution in [0.5, 0.6) is 0 Å². The minimum atomic E-state index is -0.317. The molecule has 0 heterocycles. The van der Waals surface area contributed by atoms with Gasteiger partial charge in [-0.2, -0.15) is 0 Å². The fourth-order valence-electron chi connectivity index (χ4n) is 2.48. The first-order valence-corrected chi connectivity index (χ1v) is 8.32. The predicted molar refractivity (Wildman–Crippen MR) is 103 cm³/mol. The summed E-state index contributed by atoms with van der Waals surface area (Å²) in [4.78, 5) is 25.3. The molecular formula is C19H24N4O2. The molecule has 25 heavy (non-hydrogen) atoms. The first kappa shape index (κ1) is 18.3. The third-order valence-electron chi connectivity index (χ3n) is 3.72. The van der Waals surface area contributed by atoms with Crippen molar-refractivity contribution in [2.75, 3.05) is 33.9 Å². The van der Waals surface area contributed by atoms with Crippen molar-refractivity contribution >= 4 is 34.7 Å². The highest BCUT2D eigenvalue weighted by Gasteiger charge is 2.05. The molecule has 6 heteroatoms. The lowest BCUT2D eigenvalue weighted by Crippen LogP contribution is -2.22. The van der Waals surface area contributed by atoms with Gasteiger partial charge in [0.15, 0.2) is 0 Å². The lowest BCUT2D eigenvalue weighted by molar-refractivity contribution is -0.114. The van der Waals surface area contributed by atoms with Crippen LogP contribution < -0.4 is 20.9 Å². The normalized spacial score (nSPS) is 10.0. The lowest BCUT2D eigenvalue weighted by atomic mass is 10.2. The summed E-state index contributed by atoms with van der Waals surface area (Å²) in [5.41, 5.74) is 3.18. The zero-order chi connectivity index (χ0) is 18.2. The van der Waals surface area contributed by atoms with E-state index in [1.807, 2.05) is 24.3 Å². The van der Waals surface area contributed by atoms with Gasteiger partial charge < -0.3 is 20.9 Å². The fourth-order valence-corrected chi connectivity index (χ4v) is 2.48. The Morgan fingerprint density at radius 1 is 0.760 bits per heavy atom. The van der Waals surface area contributed by atoms with E-state index >= 15 is 0 Å². The van der Waals surface area contributed by atoms with Gasteiger partial charge in [-0.15, -0.1) is 0 Å². The number of carbonyl (C=O) groups excluding carboxylic acids is 2. The third-order valence-corrected chi connectivity index (χ3v) is 3.72. The van der Waals surface area contributed by atoms with Gasteiger partial charge in [0.2, 0.25) is 5.91 Å². The van der Waals surface area contributed by atoms with Crippen molar-refractivity contribution in [2.24, 2.45) is 0 Å². The summed E-state index contributed by atoms with van der Waals surface area (Å²) >= 11 is 0. The minimum Gasteiger partial charge on any atom is -0.372 e. The highest BCUT2D eigenvalue weighted by atomic mass is 16.2. The molecule has 0 aliphatic heterocycles. The Morgan fingerprint density at radius 3 is 1.56 bits per heavy atom. The molecule has 0 bridgehead atoms. The van der Waals surface area contributed by atoms with E-state index in [-0.39, 0.29) is 11.9 Å². The van der Waals surface area contributed by atoms with Crippen molar-refractivity contribution in [3.05, 3.63) is 48.5 Å². The molecule has 0 saturated heterocycles. The van der Waals surface area contributed by atoms with Gasteiger partial charge in [-0.3, -0.25) is 4.79 Å². The quantitative estimate of drug-likeness (QED) is 0.740. The molecule has 2 aromatic carbocycles. The van der Waals surface area contributed by atoms with E-state index in [0.29, 0.717) is 11.4 Å². The first-order chi connectivity index (χ1) is 12.0. The lowest BCUT2D eigenvalue weighted by Gasteiger charge is -2.21. The monoisotopic (exact) mass is 340 g/mol. The second kappa shape index (κ2) is 8.73. The largest absolute Gasteiger partial charge is 0.372 e. The highest BCUT2D eigenvalue weighted by Crippen LogP contribution is 2.18. The molecule has 6 nitrogen and oxygen atoms in total. The predicted octanol–water partition coefficient (Wildman–Crippen LogP) is 4.14. The van der Waals surface area contributed by atoms with Gasteiger partial charge in [0.25, 0.3) is 0 Å². The van der Waals surface area contributed by atoms with E-state index in [2.05, 4.69) is 34.7 Å². The van der Waals surface area contributed by atoms with Crippen LogP contribution in [0.25, 0.3) is 0 Å². The van der Waals surface area contributed by atoms with Crippen LogP contribution in [0.1, 0.15) is 20.8 Å². The van der Waals surface area contributed by atoms with Crippen molar-refractivity contribution in [1.29, 1.82) is 0 Å². The summed E-state index contributed by atoms with van der Waals surface area (Å²) in [6.07, 6.45) is 0. The Bertz CT molecular complexity index is 707. The van der Waals surface area contributed by atoms with Gasteiger partial charge in [0, 0.05) is 42.8 Å². The van der Waals surface area contributed by atoms with Crippen LogP contribution >= 0.6 is 0 Å². The van der Waals surface area contributed by atoms with E-state index < -0.39 is 0 Å². The number of urea groups is 1.